The molecule has 2 aromatic rings. The summed E-state index contributed by atoms with van der Waals surface area (Å²) < 4.78 is 5.05. The van der Waals surface area contributed by atoms with E-state index >= 15 is 0 Å². The first-order valence-corrected chi connectivity index (χ1v) is 5.64. The molecule has 2 rings (SSSR count). The molecule has 0 radical (unpaired) electrons. The molecule has 1 aromatic heterocycles. The molecule has 0 fully saturated rings. The second kappa shape index (κ2) is 5.51. The Bertz CT molecular complexity index is 572. The Labute approximate surface area is 110 Å². The van der Waals surface area contributed by atoms with Crippen LogP contribution < -0.4 is 10.1 Å². The largest absolute Gasteiger partial charge is 0.497 e. The maximum atomic E-state index is 12.0. The van der Waals surface area contributed by atoms with E-state index in [0.717, 1.165) is 0 Å². The van der Waals surface area contributed by atoms with Crippen LogP contribution in [0.2, 0.25) is 5.02 Å². The lowest BCUT2D eigenvalue weighted by molar-refractivity contribution is 0.102. The lowest BCUT2D eigenvalue weighted by Crippen LogP contribution is -2.13. The Hall–Kier alpha value is -2.07. The summed E-state index contributed by atoms with van der Waals surface area (Å²) >= 11 is 5.94. The highest BCUT2D eigenvalue weighted by Gasteiger charge is 2.10. The van der Waals surface area contributed by atoms with Crippen LogP contribution in [0.25, 0.3) is 0 Å². The van der Waals surface area contributed by atoms with Gasteiger partial charge in [-0.1, -0.05) is 23.7 Å². The third-order valence-electron chi connectivity index (χ3n) is 2.33. The number of nitrogens with one attached hydrogen (secondary N) is 1. The summed E-state index contributed by atoms with van der Waals surface area (Å²) in [4.78, 5) is 16.0. The van der Waals surface area contributed by atoms with Crippen molar-refractivity contribution in [2.75, 3.05) is 12.4 Å². The molecule has 0 atom stereocenters. The van der Waals surface area contributed by atoms with Gasteiger partial charge in [-0.05, 0) is 18.2 Å². The normalized spacial score (nSPS) is 9.89. The van der Waals surface area contributed by atoms with Crippen molar-refractivity contribution < 1.29 is 9.53 Å². The molecule has 0 saturated carbocycles. The van der Waals surface area contributed by atoms with Crippen molar-refractivity contribution in [1.29, 1.82) is 0 Å². The average Bonchev–Trinajstić information content (AvgIpc) is 2.39. The fraction of sp³-hybridized carbons (Fsp3) is 0.0769. The number of rotatable bonds is 3. The van der Waals surface area contributed by atoms with Crippen LogP contribution in [0.4, 0.5) is 5.82 Å². The molecule has 1 N–H and O–H groups in total. The van der Waals surface area contributed by atoms with Gasteiger partial charge in [-0.15, -0.1) is 0 Å². The van der Waals surface area contributed by atoms with Crippen molar-refractivity contribution >= 4 is 23.3 Å². The Morgan fingerprint density at radius 3 is 2.83 bits per heavy atom. The fourth-order valence-corrected chi connectivity index (χ4v) is 1.66. The van der Waals surface area contributed by atoms with E-state index in [1.165, 1.54) is 0 Å². The topological polar surface area (TPSA) is 51.2 Å². The summed E-state index contributed by atoms with van der Waals surface area (Å²) in [5.41, 5.74) is 0.406. The number of pyridine rings is 1. The molecule has 18 heavy (non-hydrogen) atoms. The maximum Gasteiger partial charge on any atom is 0.258 e. The molecule has 5 heteroatoms. The number of carbonyl (C=O) groups is 1. The van der Waals surface area contributed by atoms with Crippen LogP contribution in [0.3, 0.4) is 0 Å². The van der Waals surface area contributed by atoms with Crippen molar-refractivity contribution in [2.24, 2.45) is 0 Å². The molecular weight excluding hydrogens is 252 g/mol. The zero-order valence-electron chi connectivity index (χ0n) is 9.68. The van der Waals surface area contributed by atoms with Gasteiger partial charge in [0, 0.05) is 12.3 Å². The van der Waals surface area contributed by atoms with E-state index in [2.05, 4.69) is 10.3 Å². The summed E-state index contributed by atoms with van der Waals surface area (Å²) in [7, 11) is 1.55. The van der Waals surface area contributed by atoms with E-state index in [4.69, 9.17) is 16.3 Å². The molecule has 1 amide bonds. The molecule has 1 heterocycles. The average molecular weight is 263 g/mol. The molecule has 92 valence electrons. The zero-order chi connectivity index (χ0) is 13.0. The number of amides is 1. The van der Waals surface area contributed by atoms with Crippen LogP contribution >= 0.6 is 11.6 Å². The van der Waals surface area contributed by atoms with Gasteiger partial charge in [0.25, 0.3) is 5.91 Å². The van der Waals surface area contributed by atoms with Gasteiger partial charge in [0.15, 0.2) is 0 Å². The van der Waals surface area contributed by atoms with Gasteiger partial charge in [0.05, 0.1) is 17.7 Å². The summed E-state index contributed by atoms with van der Waals surface area (Å²) in [6, 6.07) is 10.2. The molecule has 0 spiro atoms. The van der Waals surface area contributed by atoms with Crippen LogP contribution in [0, 0.1) is 0 Å². The SMILES string of the molecule is COc1ccnc(NC(=O)c2ccccc2Cl)c1. The van der Waals surface area contributed by atoms with Gasteiger partial charge < -0.3 is 10.1 Å². The first-order valence-electron chi connectivity index (χ1n) is 5.26. The Balaban J connectivity index is 2.19. The van der Waals surface area contributed by atoms with Crippen LogP contribution in [0.1, 0.15) is 10.4 Å². The van der Waals surface area contributed by atoms with E-state index in [1.54, 1.807) is 49.7 Å². The van der Waals surface area contributed by atoms with Crippen LogP contribution in [-0.4, -0.2) is 18.0 Å². The first kappa shape index (κ1) is 12.4. The van der Waals surface area contributed by atoms with Crippen molar-refractivity contribution in [2.45, 2.75) is 0 Å². The van der Waals surface area contributed by atoms with Gasteiger partial charge in [-0.2, -0.15) is 0 Å². The highest BCUT2D eigenvalue weighted by atomic mass is 35.5. The number of aromatic nitrogens is 1. The Morgan fingerprint density at radius 1 is 1.33 bits per heavy atom. The number of methoxy groups -OCH3 is 1. The lowest BCUT2D eigenvalue weighted by atomic mass is 10.2. The highest BCUT2D eigenvalue weighted by Crippen LogP contribution is 2.18. The number of ether oxygens (including phenoxy) is 1. The molecule has 1 aromatic carbocycles. The molecular formula is C13H11ClN2O2. The van der Waals surface area contributed by atoms with Crippen LogP contribution in [0.15, 0.2) is 42.6 Å². The predicted molar refractivity (Wildman–Crippen MR) is 70.2 cm³/mol. The minimum absolute atomic E-state index is 0.304. The Morgan fingerprint density at radius 2 is 2.11 bits per heavy atom. The number of halogens is 1. The molecule has 4 nitrogen and oxygen atoms in total. The fourth-order valence-electron chi connectivity index (χ4n) is 1.44. The van der Waals surface area contributed by atoms with E-state index in [9.17, 15) is 4.79 Å². The predicted octanol–water partition coefficient (Wildman–Crippen LogP) is 3.00. The molecule has 0 bridgehead atoms. The number of hydrogen-bond acceptors (Lipinski definition) is 3. The minimum atomic E-state index is -0.304. The van der Waals surface area contributed by atoms with E-state index < -0.39 is 0 Å². The van der Waals surface area contributed by atoms with Gasteiger partial charge in [0.1, 0.15) is 11.6 Å². The zero-order valence-corrected chi connectivity index (χ0v) is 10.4. The van der Waals surface area contributed by atoms with Gasteiger partial charge in [0.2, 0.25) is 0 Å². The number of benzene rings is 1. The van der Waals surface area contributed by atoms with Gasteiger partial charge in [-0.3, -0.25) is 4.79 Å². The maximum absolute atomic E-state index is 12.0. The number of carbonyl (C=O) groups excluding carboxylic acids is 1. The quantitative estimate of drug-likeness (QED) is 0.925. The lowest BCUT2D eigenvalue weighted by Gasteiger charge is -2.06. The number of hydrogen-bond donors (Lipinski definition) is 1. The third kappa shape index (κ3) is 2.78. The summed E-state index contributed by atoms with van der Waals surface area (Å²) in [5, 5.41) is 3.06. The van der Waals surface area contributed by atoms with Gasteiger partial charge in [-0.25, -0.2) is 4.98 Å². The van der Waals surface area contributed by atoms with Crippen molar-refractivity contribution in [3.63, 3.8) is 0 Å². The number of nitrogens with zero attached hydrogens (tertiary/aromatic N) is 1. The van der Waals surface area contributed by atoms with Crippen molar-refractivity contribution in [1.82, 2.24) is 4.98 Å². The standard InChI is InChI=1S/C13H11ClN2O2/c1-18-9-6-7-15-12(8-9)16-13(17)10-4-2-3-5-11(10)14/h2-8H,1H3,(H,15,16,17). The molecule has 0 aliphatic rings. The molecule has 0 aliphatic heterocycles. The third-order valence-corrected chi connectivity index (χ3v) is 2.66. The highest BCUT2D eigenvalue weighted by molar-refractivity contribution is 6.34. The monoisotopic (exact) mass is 262 g/mol. The van der Waals surface area contributed by atoms with E-state index in [1.807, 2.05) is 0 Å². The molecule has 0 saturated heterocycles. The van der Waals surface area contributed by atoms with E-state index in [-0.39, 0.29) is 5.91 Å². The number of anilines is 1. The summed E-state index contributed by atoms with van der Waals surface area (Å²) in [5.74, 6) is 0.736. The summed E-state index contributed by atoms with van der Waals surface area (Å²) in [6.07, 6.45) is 1.56. The molecule has 0 aliphatic carbocycles. The van der Waals surface area contributed by atoms with Crippen molar-refractivity contribution in [3.8, 4) is 5.75 Å². The molecule has 0 unspecified atom stereocenters. The van der Waals surface area contributed by atoms with Gasteiger partial charge >= 0.3 is 0 Å². The Kier molecular flexibility index (Phi) is 3.79. The first-order chi connectivity index (χ1) is 8.70. The second-order valence-electron chi connectivity index (χ2n) is 3.51. The van der Waals surface area contributed by atoms with E-state index in [0.29, 0.717) is 22.2 Å². The summed E-state index contributed by atoms with van der Waals surface area (Å²) in [6.45, 7) is 0. The van der Waals surface area contributed by atoms with Crippen LogP contribution in [-0.2, 0) is 0 Å². The smallest absolute Gasteiger partial charge is 0.258 e. The second-order valence-corrected chi connectivity index (χ2v) is 3.92. The van der Waals surface area contributed by atoms with Crippen LogP contribution in [0.5, 0.6) is 5.75 Å². The minimum Gasteiger partial charge on any atom is -0.497 e. The van der Waals surface area contributed by atoms with Crippen molar-refractivity contribution in [3.05, 3.63) is 53.2 Å².